The van der Waals surface area contributed by atoms with Crippen LogP contribution in [0.1, 0.15) is 18.4 Å². The van der Waals surface area contributed by atoms with E-state index in [4.69, 9.17) is 19.9 Å². The van der Waals surface area contributed by atoms with Gasteiger partial charge in [0.05, 0.1) is 20.3 Å². The fraction of sp³-hybridized carbons (Fsp3) is 0.421. The Morgan fingerprint density at radius 2 is 1.93 bits per heavy atom. The Hall–Kier alpha value is -2.14. The van der Waals surface area contributed by atoms with Crippen LogP contribution in [0.15, 0.2) is 24.3 Å². The van der Waals surface area contributed by atoms with Crippen LogP contribution in [-0.2, 0) is 11.3 Å². The molecule has 0 atom stereocenters. The second kappa shape index (κ2) is 8.48. The molecule has 0 amide bonds. The average molecular weight is 495 g/mol. The molecule has 4 rings (SSSR count). The highest BCUT2D eigenvalue weighted by molar-refractivity contribution is 14.1. The highest BCUT2D eigenvalue weighted by Crippen LogP contribution is 2.27. The molecule has 1 fully saturated rings. The van der Waals surface area contributed by atoms with E-state index in [-0.39, 0.29) is 11.8 Å². The molecule has 1 aliphatic heterocycles. The van der Waals surface area contributed by atoms with Crippen LogP contribution >= 0.6 is 22.6 Å². The minimum Gasteiger partial charge on any atom is -0.468 e. The molecule has 0 bridgehead atoms. The number of halogens is 1. The number of hydrogen-bond donors (Lipinski definition) is 1. The summed E-state index contributed by atoms with van der Waals surface area (Å²) >= 11 is 2.29. The van der Waals surface area contributed by atoms with E-state index < -0.39 is 0 Å². The van der Waals surface area contributed by atoms with Crippen molar-refractivity contribution in [2.75, 3.05) is 32.7 Å². The van der Waals surface area contributed by atoms with Crippen LogP contribution in [0, 0.1) is 9.49 Å². The van der Waals surface area contributed by atoms with Crippen molar-refractivity contribution in [3.05, 3.63) is 33.4 Å². The highest BCUT2D eigenvalue weighted by atomic mass is 127. The Kier molecular flexibility index (Phi) is 5.81. The summed E-state index contributed by atoms with van der Waals surface area (Å²) in [4.78, 5) is 13.3. The lowest BCUT2D eigenvalue weighted by Crippen LogP contribution is -2.22. The predicted molar refractivity (Wildman–Crippen MR) is 114 cm³/mol. The fourth-order valence-corrected chi connectivity index (χ4v) is 3.58. The third-order valence-corrected chi connectivity index (χ3v) is 5.51. The van der Waals surface area contributed by atoms with Crippen molar-refractivity contribution in [3.8, 4) is 12.0 Å². The molecular formula is C19H22IN5O3. The average Bonchev–Trinajstić information content (AvgIpc) is 3.07. The van der Waals surface area contributed by atoms with E-state index in [1.165, 1.54) is 3.57 Å². The predicted octanol–water partition coefficient (Wildman–Crippen LogP) is 2.88. The number of benzene rings is 1. The third kappa shape index (κ3) is 4.14. The number of nitrogens with zero attached hydrogens (tertiary/aromatic N) is 4. The van der Waals surface area contributed by atoms with Crippen LogP contribution in [0.5, 0.6) is 12.0 Å². The molecule has 1 aromatic carbocycles. The highest BCUT2D eigenvalue weighted by Gasteiger charge is 2.20. The monoisotopic (exact) mass is 495 g/mol. The van der Waals surface area contributed by atoms with Crippen LogP contribution in [-0.4, -0.2) is 46.4 Å². The maximum absolute atomic E-state index is 6.13. The molecule has 2 N–H and O–H groups in total. The van der Waals surface area contributed by atoms with Crippen LogP contribution in [0.3, 0.4) is 0 Å². The lowest BCUT2D eigenvalue weighted by Gasteiger charge is -2.21. The molecule has 3 aromatic rings. The first-order valence-electron chi connectivity index (χ1n) is 9.16. The smallest absolute Gasteiger partial charge is 0.320 e. The molecule has 0 spiro atoms. The molecule has 28 heavy (non-hydrogen) atoms. The standard InChI is InChI=1S/C19H22IN5O3/c1-26-19-22-15-16(21)23-18(28-11-13-6-8-27-9-7-13)24-17(15)25(19)10-12-2-4-14(20)5-3-12/h2-5,13H,6-11H2,1H3,(H2,21,23,24). The van der Waals surface area contributed by atoms with E-state index in [1.54, 1.807) is 7.11 Å². The molecule has 3 heterocycles. The Morgan fingerprint density at radius 3 is 2.64 bits per heavy atom. The first-order chi connectivity index (χ1) is 13.6. The summed E-state index contributed by atoms with van der Waals surface area (Å²) in [6, 6.07) is 8.97. The van der Waals surface area contributed by atoms with Gasteiger partial charge in [0, 0.05) is 16.8 Å². The first kappa shape index (κ1) is 19.2. The molecule has 148 valence electrons. The zero-order valence-electron chi connectivity index (χ0n) is 15.6. The summed E-state index contributed by atoms with van der Waals surface area (Å²) in [6.45, 7) is 2.66. The van der Waals surface area contributed by atoms with Crippen molar-refractivity contribution < 1.29 is 14.2 Å². The van der Waals surface area contributed by atoms with Crippen molar-refractivity contribution in [2.45, 2.75) is 19.4 Å². The van der Waals surface area contributed by atoms with E-state index in [2.05, 4.69) is 61.8 Å². The van der Waals surface area contributed by atoms with E-state index in [9.17, 15) is 0 Å². The molecule has 2 aromatic heterocycles. The van der Waals surface area contributed by atoms with Crippen molar-refractivity contribution in [1.29, 1.82) is 0 Å². The third-order valence-electron chi connectivity index (χ3n) is 4.79. The number of methoxy groups -OCH3 is 1. The van der Waals surface area contributed by atoms with Crippen molar-refractivity contribution >= 4 is 39.6 Å². The Labute approximate surface area is 176 Å². The van der Waals surface area contributed by atoms with Gasteiger partial charge in [-0.15, -0.1) is 0 Å². The summed E-state index contributed by atoms with van der Waals surface area (Å²) in [5.74, 6) is 0.729. The molecule has 1 aliphatic rings. The number of imidazole rings is 1. The molecule has 1 saturated heterocycles. The van der Waals surface area contributed by atoms with Gasteiger partial charge in [-0.3, -0.25) is 4.57 Å². The first-order valence-corrected chi connectivity index (χ1v) is 10.2. The maximum Gasteiger partial charge on any atom is 0.320 e. The quantitative estimate of drug-likeness (QED) is 0.526. The normalized spacial score (nSPS) is 15.1. The van der Waals surface area contributed by atoms with Crippen LogP contribution in [0.4, 0.5) is 5.82 Å². The van der Waals surface area contributed by atoms with E-state index in [0.29, 0.717) is 36.2 Å². The SMILES string of the molecule is COc1nc2c(N)nc(OCC3CCOCC3)nc2n1Cc1ccc(I)cc1. The lowest BCUT2D eigenvalue weighted by atomic mass is 10.0. The van der Waals surface area contributed by atoms with Gasteiger partial charge in [-0.1, -0.05) is 12.1 Å². The van der Waals surface area contributed by atoms with Gasteiger partial charge < -0.3 is 19.9 Å². The second-order valence-electron chi connectivity index (χ2n) is 6.74. The number of anilines is 1. The molecule has 8 nitrogen and oxygen atoms in total. The van der Waals surface area contributed by atoms with Gasteiger partial charge in [0.25, 0.3) is 6.01 Å². The molecule has 0 aliphatic carbocycles. The van der Waals surface area contributed by atoms with E-state index in [1.807, 2.05) is 4.57 Å². The number of nitrogen functional groups attached to an aromatic ring is 1. The maximum atomic E-state index is 6.13. The summed E-state index contributed by atoms with van der Waals surface area (Å²) < 4.78 is 19.8. The number of aromatic nitrogens is 4. The van der Waals surface area contributed by atoms with Crippen LogP contribution < -0.4 is 15.2 Å². The van der Waals surface area contributed by atoms with Crippen molar-refractivity contribution in [3.63, 3.8) is 0 Å². The van der Waals surface area contributed by atoms with Gasteiger partial charge in [0.2, 0.25) is 0 Å². The number of ether oxygens (including phenoxy) is 3. The van der Waals surface area contributed by atoms with Crippen molar-refractivity contribution in [2.24, 2.45) is 5.92 Å². The lowest BCUT2D eigenvalue weighted by molar-refractivity contribution is 0.0483. The topological polar surface area (TPSA) is 97.3 Å². The van der Waals surface area contributed by atoms with Gasteiger partial charge in [0.1, 0.15) is 0 Å². The fourth-order valence-electron chi connectivity index (χ4n) is 3.22. The minimum atomic E-state index is 0.267. The number of hydrogen-bond acceptors (Lipinski definition) is 7. The van der Waals surface area contributed by atoms with E-state index >= 15 is 0 Å². The second-order valence-corrected chi connectivity index (χ2v) is 7.99. The van der Waals surface area contributed by atoms with Gasteiger partial charge in [-0.25, -0.2) is 0 Å². The zero-order chi connectivity index (χ0) is 19.5. The van der Waals surface area contributed by atoms with Gasteiger partial charge in [-0.05, 0) is 59.0 Å². The molecule has 9 heteroatoms. The molecule has 0 unspecified atom stereocenters. The summed E-state index contributed by atoms with van der Waals surface area (Å²) in [6.07, 6.45) is 1.96. The van der Waals surface area contributed by atoms with Gasteiger partial charge >= 0.3 is 6.01 Å². The molecule has 0 saturated carbocycles. The van der Waals surface area contributed by atoms with Crippen LogP contribution in [0.25, 0.3) is 11.2 Å². The summed E-state index contributed by atoms with van der Waals surface area (Å²) in [7, 11) is 1.58. The van der Waals surface area contributed by atoms with Crippen LogP contribution in [0.2, 0.25) is 0 Å². The zero-order valence-corrected chi connectivity index (χ0v) is 17.8. The molecular weight excluding hydrogens is 473 g/mol. The Balaban J connectivity index is 1.63. The molecule has 0 radical (unpaired) electrons. The summed E-state index contributed by atoms with van der Waals surface area (Å²) in [5, 5.41) is 0. The Bertz CT molecular complexity index is 954. The number of fused-ring (bicyclic) bond motifs is 1. The summed E-state index contributed by atoms with van der Waals surface area (Å²) in [5.41, 5.74) is 8.36. The number of rotatable bonds is 6. The minimum absolute atomic E-state index is 0.267. The Morgan fingerprint density at radius 1 is 1.18 bits per heavy atom. The number of nitrogens with two attached hydrogens (primary N) is 1. The van der Waals surface area contributed by atoms with Gasteiger partial charge in [0.15, 0.2) is 17.0 Å². The van der Waals surface area contributed by atoms with Gasteiger partial charge in [-0.2, -0.15) is 15.0 Å². The largest absolute Gasteiger partial charge is 0.468 e. The van der Waals surface area contributed by atoms with E-state index in [0.717, 1.165) is 31.6 Å². The van der Waals surface area contributed by atoms with Crippen molar-refractivity contribution in [1.82, 2.24) is 19.5 Å².